The molecule has 0 saturated carbocycles. The zero-order valence-electron chi connectivity index (χ0n) is 8.57. The van der Waals surface area contributed by atoms with E-state index in [2.05, 4.69) is 10.1 Å². The molecular formula is C10H11F2NO2S. The van der Waals surface area contributed by atoms with E-state index >= 15 is 0 Å². The number of ether oxygens (including phenoxy) is 1. The monoisotopic (exact) mass is 247 g/mol. The predicted octanol–water partition coefficient (Wildman–Crippen LogP) is 3.57. The summed E-state index contributed by atoms with van der Waals surface area (Å²) < 4.78 is 28.7. The predicted molar refractivity (Wildman–Crippen MR) is 58.9 cm³/mol. The van der Waals surface area contributed by atoms with Crippen molar-refractivity contribution >= 4 is 23.5 Å². The lowest BCUT2D eigenvalue weighted by molar-refractivity contribution is 0.168. The summed E-state index contributed by atoms with van der Waals surface area (Å²) in [5.41, 5.74) is 0.511. The molecule has 3 nitrogen and oxygen atoms in total. The fourth-order valence-corrected chi connectivity index (χ4v) is 1.50. The molecule has 1 aromatic carbocycles. The topological polar surface area (TPSA) is 38.3 Å². The van der Waals surface area contributed by atoms with Crippen molar-refractivity contribution in [3.8, 4) is 0 Å². The van der Waals surface area contributed by atoms with Crippen LogP contribution >= 0.6 is 11.8 Å². The van der Waals surface area contributed by atoms with E-state index in [1.165, 1.54) is 12.1 Å². The molecule has 0 radical (unpaired) electrons. The van der Waals surface area contributed by atoms with E-state index in [1.807, 2.05) is 0 Å². The quantitative estimate of drug-likeness (QED) is 0.826. The normalized spacial score (nSPS) is 10.2. The van der Waals surface area contributed by atoms with E-state index in [0.29, 0.717) is 22.3 Å². The minimum atomic E-state index is -2.44. The van der Waals surface area contributed by atoms with Crippen LogP contribution < -0.4 is 5.32 Å². The first-order chi connectivity index (χ1) is 7.61. The smallest absolute Gasteiger partial charge is 0.411 e. The van der Waals surface area contributed by atoms with Crippen LogP contribution in [0.5, 0.6) is 0 Å². The second-order valence-electron chi connectivity index (χ2n) is 2.75. The number of rotatable bonds is 4. The Balaban J connectivity index is 2.54. The number of hydrogen-bond donors (Lipinski definition) is 1. The van der Waals surface area contributed by atoms with Crippen molar-refractivity contribution in [1.29, 1.82) is 0 Å². The third-order valence-corrected chi connectivity index (χ3v) is 2.32. The van der Waals surface area contributed by atoms with Gasteiger partial charge in [0.1, 0.15) is 0 Å². The van der Waals surface area contributed by atoms with Gasteiger partial charge in [0.25, 0.3) is 5.76 Å². The Hall–Kier alpha value is -1.30. The first kappa shape index (κ1) is 12.8. The lowest BCUT2D eigenvalue weighted by Crippen LogP contribution is -2.12. The van der Waals surface area contributed by atoms with E-state index < -0.39 is 11.9 Å². The maximum absolute atomic E-state index is 12.0. The molecule has 1 rings (SSSR count). The highest BCUT2D eigenvalue weighted by Gasteiger charge is 2.06. The number of carbonyl (C=O) groups excluding carboxylic acids is 1. The molecule has 0 unspecified atom stereocenters. The summed E-state index contributed by atoms with van der Waals surface area (Å²) in [7, 11) is 0. The van der Waals surface area contributed by atoms with Gasteiger partial charge in [-0.2, -0.15) is 8.78 Å². The number of thioether (sulfide) groups is 1. The molecule has 0 fully saturated rings. The zero-order chi connectivity index (χ0) is 12.0. The van der Waals surface area contributed by atoms with Gasteiger partial charge in [0.2, 0.25) is 0 Å². The SMILES string of the molecule is CCOC(=O)Nc1ccc(SC(F)F)cc1. The van der Waals surface area contributed by atoms with E-state index in [1.54, 1.807) is 19.1 Å². The molecule has 0 spiro atoms. The van der Waals surface area contributed by atoms with Crippen LogP contribution in [0.2, 0.25) is 0 Å². The lowest BCUT2D eigenvalue weighted by atomic mass is 10.3. The second-order valence-corrected chi connectivity index (χ2v) is 3.81. The molecule has 1 N–H and O–H groups in total. The zero-order valence-corrected chi connectivity index (χ0v) is 9.39. The van der Waals surface area contributed by atoms with Crippen LogP contribution in [0.4, 0.5) is 19.3 Å². The molecular weight excluding hydrogens is 236 g/mol. The van der Waals surface area contributed by atoms with Crippen LogP contribution in [0.1, 0.15) is 6.92 Å². The van der Waals surface area contributed by atoms with Crippen molar-refractivity contribution in [2.24, 2.45) is 0 Å². The van der Waals surface area contributed by atoms with Gasteiger partial charge in [-0.1, -0.05) is 11.8 Å². The standard InChI is InChI=1S/C10H11F2NO2S/c1-2-15-10(14)13-7-3-5-8(6-4-7)16-9(11)12/h3-6,9H,2H2,1H3,(H,13,14). The Morgan fingerprint density at radius 1 is 1.44 bits per heavy atom. The summed E-state index contributed by atoms with van der Waals surface area (Å²) in [5.74, 6) is -2.44. The summed E-state index contributed by atoms with van der Waals surface area (Å²) in [6.07, 6.45) is -0.559. The summed E-state index contributed by atoms with van der Waals surface area (Å²) in [5, 5.41) is 2.47. The fourth-order valence-electron chi connectivity index (χ4n) is 1.00. The molecule has 0 heterocycles. The maximum Gasteiger partial charge on any atom is 0.411 e. The van der Waals surface area contributed by atoms with Crippen LogP contribution in [0.25, 0.3) is 0 Å². The summed E-state index contributed by atoms with van der Waals surface area (Å²) in [4.78, 5) is 11.5. The van der Waals surface area contributed by atoms with E-state index in [4.69, 9.17) is 0 Å². The molecule has 1 aromatic rings. The highest BCUT2D eigenvalue weighted by Crippen LogP contribution is 2.26. The minimum absolute atomic E-state index is 0.283. The average Bonchev–Trinajstić information content (AvgIpc) is 2.20. The van der Waals surface area contributed by atoms with Gasteiger partial charge in [-0.15, -0.1) is 0 Å². The molecule has 1 amide bonds. The van der Waals surface area contributed by atoms with Crippen LogP contribution in [0, 0.1) is 0 Å². The van der Waals surface area contributed by atoms with Crippen LogP contribution in [0.15, 0.2) is 29.2 Å². The highest BCUT2D eigenvalue weighted by molar-refractivity contribution is 7.99. The average molecular weight is 247 g/mol. The summed E-state index contributed by atoms with van der Waals surface area (Å²) in [6, 6.07) is 6.11. The molecule has 0 aliphatic carbocycles. The third kappa shape index (κ3) is 4.48. The van der Waals surface area contributed by atoms with Gasteiger partial charge in [0.05, 0.1) is 6.61 Å². The number of alkyl halides is 2. The number of amides is 1. The third-order valence-electron chi connectivity index (χ3n) is 1.60. The molecule has 0 aliphatic heterocycles. The molecule has 0 aromatic heterocycles. The highest BCUT2D eigenvalue weighted by atomic mass is 32.2. The van der Waals surface area contributed by atoms with Crippen molar-refractivity contribution in [3.63, 3.8) is 0 Å². The molecule has 6 heteroatoms. The first-order valence-electron chi connectivity index (χ1n) is 4.60. The molecule has 16 heavy (non-hydrogen) atoms. The second kappa shape index (κ2) is 6.32. The molecule has 88 valence electrons. The van der Waals surface area contributed by atoms with Crippen molar-refractivity contribution in [3.05, 3.63) is 24.3 Å². The van der Waals surface area contributed by atoms with E-state index in [9.17, 15) is 13.6 Å². The Morgan fingerprint density at radius 3 is 2.56 bits per heavy atom. The number of benzene rings is 1. The maximum atomic E-state index is 12.0. The Morgan fingerprint density at radius 2 is 2.06 bits per heavy atom. The number of carbonyl (C=O) groups is 1. The number of halogens is 2. The summed E-state index contributed by atoms with van der Waals surface area (Å²) in [6.45, 7) is 1.98. The van der Waals surface area contributed by atoms with Gasteiger partial charge in [-0.3, -0.25) is 5.32 Å². The lowest BCUT2D eigenvalue weighted by Gasteiger charge is -2.05. The fraction of sp³-hybridized carbons (Fsp3) is 0.300. The number of nitrogens with one attached hydrogen (secondary N) is 1. The van der Waals surface area contributed by atoms with Gasteiger partial charge in [-0.05, 0) is 31.2 Å². The van der Waals surface area contributed by atoms with E-state index in [-0.39, 0.29) is 6.61 Å². The minimum Gasteiger partial charge on any atom is -0.450 e. The molecule has 0 atom stereocenters. The van der Waals surface area contributed by atoms with Gasteiger partial charge in [0, 0.05) is 10.6 Å². The van der Waals surface area contributed by atoms with Crippen molar-refractivity contribution < 1.29 is 18.3 Å². The van der Waals surface area contributed by atoms with Gasteiger partial charge in [0.15, 0.2) is 0 Å². The van der Waals surface area contributed by atoms with Crippen molar-refractivity contribution in [2.45, 2.75) is 17.6 Å². The van der Waals surface area contributed by atoms with Crippen LogP contribution in [0.3, 0.4) is 0 Å². The number of hydrogen-bond acceptors (Lipinski definition) is 3. The molecule has 0 saturated heterocycles. The van der Waals surface area contributed by atoms with Gasteiger partial charge < -0.3 is 4.74 Å². The largest absolute Gasteiger partial charge is 0.450 e. The van der Waals surface area contributed by atoms with Crippen molar-refractivity contribution in [1.82, 2.24) is 0 Å². The van der Waals surface area contributed by atoms with Gasteiger partial charge in [-0.25, -0.2) is 4.79 Å². The van der Waals surface area contributed by atoms with Crippen LogP contribution in [-0.2, 0) is 4.74 Å². The Labute approximate surface area is 96.2 Å². The van der Waals surface area contributed by atoms with Crippen molar-refractivity contribution in [2.75, 3.05) is 11.9 Å². The first-order valence-corrected chi connectivity index (χ1v) is 5.48. The summed E-state index contributed by atoms with van der Waals surface area (Å²) >= 11 is 0.459. The van der Waals surface area contributed by atoms with Gasteiger partial charge >= 0.3 is 6.09 Å². The van der Waals surface area contributed by atoms with E-state index in [0.717, 1.165) is 0 Å². The molecule has 0 aliphatic rings. The Kier molecular flexibility index (Phi) is 5.04. The number of anilines is 1. The molecule has 0 bridgehead atoms. The Bertz CT molecular complexity index is 343. The van der Waals surface area contributed by atoms with Crippen LogP contribution in [-0.4, -0.2) is 18.5 Å².